The number of likely N-dealkylation sites (N-methyl/N-ethyl adjacent to an activating group) is 1. The number of aliphatic hydroxyl groups is 1. The second-order valence-corrected chi connectivity index (χ2v) is 7.38. The molecule has 3 aliphatic rings. The zero-order chi connectivity index (χ0) is 16.5. The highest BCUT2D eigenvalue weighted by Gasteiger charge is 2.33. The van der Waals surface area contributed by atoms with E-state index in [1.807, 2.05) is 0 Å². The van der Waals surface area contributed by atoms with Crippen LogP contribution in [0.5, 0.6) is 0 Å². The van der Waals surface area contributed by atoms with Crippen molar-refractivity contribution in [3.63, 3.8) is 0 Å². The van der Waals surface area contributed by atoms with Crippen LogP contribution in [-0.4, -0.2) is 85.1 Å². The second kappa shape index (κ2) is 6.82. The molecule has 24 heavy (non-hydrogen) atoms. The van der Waals surface area contributed by atoms with E-state index >= 15 is 0 Å². The van der Waals surface area contributed by atoms with Crippen LogP contribution in [0.3, 0.4) is 0 Å². The molecule has 1 aromatic heterocycles. The molecule has 7 heteroatoms. The van der Waals surface area contributed by atoms with Gasteiger partial charge in [-0.15, -0.1) is 0 Å². The topological polar surface area (TPSA) is 65.0 Å². The average molecular weight is 333 g/mol. The van der Waals surface area contributed by atoms with E-state index in [9.17, 15) is 5.11 Å². The van der Waals surface area contributed by atoms with Crippen molar-refractivity contribution >= 4 is 11.6 Å². The summed E-state index contributed by atoms with van der Waals surface area (Å²) in [4.78, 5) is 16.1. The van der Waals surface area contributed by atoms with Crippen LogP contribution in [0.2, 0.25) is 0 Å². The number of aliphatic hydroxyl groups excluding tert-OH is 1. The number of nitrogens with zero attached hydrogens (tertiary/aromatic N) is 5. The number of rotatable bonds is 2. The van der Waals surface area contributed by atoms with E-state index < -0.39 is 0 Å². The third-order valence-corrected chi connectivity index (χ3v) is 5.37. The van der Waals surface area contributed by atoms with Gasteiger partial charge in [-0.2, -0.15) is 0 Å². The third kappa shape index (κ3) is 3.34. The summed E-state index contributed by atoms with van der Waals surface area (Å²) in [6, 6.07) is 2.45. The van der Waals surface area contributed by atoms with Gasteiger partial charge in [-0.05, 0) is 19.9 Å². The van der Waals surface area contributed by atoms with E-state index in [0.717, 1.165) is 70.4 Å². The summed E-state index contributed by atoms with van der Waals surface area (Å²) in [5.41, 5.74) is 0. The van der Waals surface area contributed by atoms with Crippen molar-refractivity contribution in [1.82, 2.24) is 14.9 Å². The number of hydrogen-bond donors (Lipinski definition) is 1. The molecule has 1 N–H and O–H groups in total. The van der Waals surface area contributed by atoms with Gasteiger partial charge in [0.25, 0.3) is 0 Å². The summed E-state index contributed by atoms with van der Waals surface area (Å²) < 4.78 is 5.87. The van der Waals surface area contributed by atoms with Crippen LogP contribution >= 0.6 is 0 Å². The van der Waals surface area contributed by atoms with Gasteiger partial charge in [-0.25, -0.2) is 9.97 Å². The lowest BCUT2D eigenvalue weighted by atomic mass is 10.1. The molecule has 0 unspecified atom stereocenters. The van der Waals surface area contributed by atoms with Crippen LogP contribution in [0.4, 0.5) is 11.6 Å². The number of ether oxygens (including phenoxy) is 1. The van der Waals surface area contributed by atoms with Gasteiger partial charge < -0.3 is 24.5 Å². The standard InChI is InChI=1S/C17H27N5O2/c1-20-7-13-8-22(14(9-20)11-24-10-13)17-6-16(18-12-19-17)21-4-2-15(23)3-5-21/h6,12-15,23H,2-5,7-11H2,1H3/t13-,14-/m0/s1. The molecule has 0 spiro atoms. The monoisotopic (exact) mass is 333 g/mol. The molecule has 2 atom stereocenters. The van der Waals surface area contributed by atoms with Gasteiger partial charge in [0.1, 0.15) is 18.0 Å². The van der Waals surface area contributed by atoms with Gasteiger partial charge in [0.2, 0.25) is 0 Å². The Morgan fingerprint density at radius 1 is 1.08 bits per heavy atom. The Labute approximate surface area is 143 Å². The van der Waals surface area contributed by atoms with Crippen LogP contribution in [0.1, 0.15) is 12.8 Å². The fourth-order valence-electron chi connectivity index (χ4n) is 4.12. The first-order valence-corrected chi connectivity index (χ1v) is 8.97. The summed E-state index contributed by atoms with van der Waals surface area (Å²) in [6.07, 6.45) is 3.13. The molecule has 0 aromatic carbocycles. The second-order valence-electron chi connectivity index (χ2n) is 7.38. The Morgan fingerprint density at radius 3 is 2.71 bits per heavy atom. The first-order valence-electron chi connectivity index (χ1n) is 8.97. The van der Waals surface area contributed by atoms with E-state index in [-0.39, 0.29) is 6.10 Å². The molecular weight excluding hydrogens is 306 g/mol. The maximum absolute atomic E-state index is 9.70. The van der Waals surface area contributed by atoms with Gasteiger partial charge >= 0.3 is 0 Å². The molecule has 4 heterocycles. The Kier molecular flexibility index (Phi) is 4.56. The van der Waals surface area contributed by atoms with Crippen LogP contribution in [-0.2, 0) is 4.74 Å². The number of fused-ring (bicyclic) bond motifs is 3. The van der Waals surface area contributed by atoms with E-state index in [4.69, 9.17) is 4.74 Å². The quantitative estimate of drug-likeness (QED) is 0.830. The van der Waals surface area contributed by atoms with Crippen molar-refractivity contribution in [3.8, 4) is 0 Å². The number of hydrogen-bond acceptors (Lipinski definition) is 7. The van der Waals surface area contributed by atoms with E-state index in [1.165, 1.54) is 0 Å². The Balaban J connectivity index is 1.56. The average Bonchev–Trinajstić information content (AvgIpc) is 2.86. The minimum atomic E-state index is -0.167. The Bertz CT molecular complexity index is 564. The Hall–Kier alpha value is -1.44. The number of anilines is 2. The lowest BCUT2D eigenvalue weighted by molar-refractivity contribution is 0.0725. The maximum Gasteiger partial charge on any atom is 0.134 e. The smallest absolute Gasteiger partial charge is 0.134 e. The third-order valence-electron chi connectivity index (χ3n) is 5.37. The fourth-order valence-corrected chi connectivity index (χ4v) is 4.12. The molecule has 0 amide bonds. The van der Waals surface area contributed by atoms with Crippen LogP contribution in [0.25, 0.3) is 0 Å². The molecule has 0 aliphatic carbocycles. The zero-order valence-electron chi connectivity index (χ0n) is 14.3. The molecule has 1 aromatic rings. The SMILES string of the molecule is CN1C[C@@H]2COC[C@H](C1)N(c1cc(N3CCC(O)CC3)ncn1)C2. The maximum atomic E-state index is 9.70. The van der Waals surface area contributed by atoms with E-state index in [0.29, 0.717) is 12.0 Å². The van der Waals surface area contributed by atoms with E-state index in [2.05, 4.69) is 37.8 Å². The minimum Gasteiger partial charge on any atom is -0.393 e. The summed E-state index contributed by atoms with van der Waals surface area (Å²) in [7, 11) is 2.19. The molecule has 7 nitrogen and oxygen atoms in total. The summed E-state index contributed by atoms with van der Waals surface area (Å²) in [5, 5.41) is 9.70. The highest BCUT2D eigenvalue weighted by Crippen LogP contribution is 2.27. The van der Waals surface area contributed by atoms with Crippen molar-refractivity contribution in [3.05, 3.63) is 12.4 Å². The van der Waals surface area contributed by atoms with Crippen LogP contribution in [0.15, 0.2) is 12.4 Å². The lowest BCUT2D eigenvalue weighted by Gasteiger charge is -2.33. The molecule has 3 saturated heterocycles. The predicted molar refractivity (Wildman–Crippen MR) is 92.4 cm³/mol. The largest absolute Gasteiger partial charge is 0.393 e. The molecule has 3 aliphatic heterocycles. The van der Waals surface area contributed by atoms with Crippen molar-refractivity contribution in [2.45, 2.75) is 25.0 Å². The number of aromatic nitrogens is 2. The van der Waals surface area contributed by atoms with Crippen molar-refractivity contribution in [1.29, 1.82) is 0 Å². The first-order chi connectivity index (χ1) is 11.7. The highest BCUT2D eigenvalue weighted by molar-refractivity contribution is 5.51. The van der Waals surface area contributed by atoms with E-state index in [1.54, 1.807) is 6.33 Å². The zero-order valence-corrected chi connectivity index (χ0v) is 14.3. The van der Waals surface area contributed by atoms with Gasteiger partial charge in [0.15, 0.2) is 0 Å². The molecule has 2 bridgehead atoms. The predicted octanol–water partition coefficient (Wildman–Crippen LogP) is 0.204. The normalized spacial score (nSPS) is 29.6. The van der Waals surface area contributed by atoms with Crippen molar-refractivity contribution < 1.29 is 9.84 Å². The molecular formula is C17H27N5O2. The first kappa shape index (κ1) is 16.1. The van der Waals surface area contributed by atoms with Crippen LogP contribution in [0, 0.1) is 5.92 Å². The minimum absolute atomic E-state index is 0.167. The lowest BCUT2D eigenvalue weighted by Crippen LogP contribution is -2.43. The fraction of sp³-hybridized carbons (Fsp3) is 0.765. The molecule has 132 valence electrons. The molecule has 3 fully saturated rings. The van der Waals surface area contributed by atoms with Gasteiger partial charge in [-0.1, -0.05) is 0 Å². The molecule has 0 saturated carbocycles. The summed E-state index contributed by atoms with van der Waals surface area (Å²) >= 11 is 0. The van der Waals surface area contributed by atoms with Gasteiger partial charge in [0, 0.05) is 44.7 Å². The van der Waals surface area contributed by atoms with Crippen LogP contribution < -0.4 is 9.80 Å². The summed E-state index contributed by atoms with van der Waals surface area (Å²) in [5.74, 6) is 2.49. The van der Waals surface area contributed by atoms with Crippen molar-refractivity contribution in [2.75, 3.05) is 62.8 Å². The van der Waals surface area contributed by atoms with Crippen molar-refractivity contribution in [2.24, 2.45) is 5.92 Å². The summed E-state index contributed by atoms with van der Waals surface area (Å²) in [6.45, 7) is 6.38. The van der Waals surface area contributed by atoms with Gasteiger partial charge in [-0.3, -0.25) is 0 Å². The number of piperidine rings is 1. The van der Waals surface area contributed by atoms with Gasteiger partial charge in [0.05, 0.1) is 25.4 Å². The highest BCUT2D eigenvalue weighted by atomic mass is 16.5. The Morgan fingerprint density at radius 2 is 1.88 bits per heavy atom. The molecule has 0 radical (unpaired) electrons. The molecule has 4 rings (SSSR count).